The fourth-order valence-corrected chi connectivity index (χ4v) is 2.75. The van der Waals surface area contributed by atoms with Crippen LogP contribution >= 0.6 is 23.5 Å². The summed E-state index contributed by atoms with van der Waals surface area (Å²) in [5, 5.41) is 11.6. The van der Waals surface area contributed by atoms with Gasteiger partial charge in [-0.2, -0.15) is 23.5 Å². The second kappa shape index (κ2) is 4.06. The SMILES string of the molecule is ON=C1CSCCSC1. The molecule has 52 valence electrons. The molecule has 0 bridgehead atoms. The summed E-state index contributed by atoms with van der Waals surface area (Å²) >= 11 is 3.67. The van der Waals surface area contributed by atoms with Crippen LogP contribution in [0.3, 0.4) is 0 Å². The van der Waals surface area contributed by atoms with Crippen molar-refractivity contribution >= 4 is 29.2 Å². The van der Waals surface area contributed by atoms with Gasteiger partial charge in [0.25, 0.3) is 0 Å². The van der Waals surface area contributed by atoms with Gasteiger partial charge in [-0.25, -0.2) is 0 Å². The molecule has 2 nitrogen and oxygen atoms in total. The maximum atomic E-state index is 8.38. The van der Waals surface area contributed by atoms with E-state index in [1.54, 1.807) is 0 Å². The summed E-state index contributed by atoms with van der Waals surface area (Å²) in [6.07, 6.45) is 0. The molecule has 0 spiro atoms. The van der Waals surface area contributed by atoms with Gasteiger partial charge >= 0.3 is 0 Å². The first-order valence-corrected chi connectivity index (χ1v) is 5.09. The van der Waals surface area contributed by atoms with Gasteiger partial charge in [0.2, 0.25) is 0 Å². The molecule has 0 aromatic rings. The number of oxime groups is 1. The Hall–Kier alpha value is 0.170. The van der Waals surface area contributed by atoms with Gasteiger partial charge in [-0.05, 0) is 0 Å². The number of rotatable bonds is 0. The number of thioether (sulfide) groups is 2. The lowest BCUT2D eigenvalue weighted by atomic mass is 10.5. The molecular weight excluding hydrogens is 154 g/mol. The van der Waals surface area contributed by atoms with E-state index in [4.69, 9.17) is 5.21 Å². The van der Waals surface area contributed by atoms with E-state index in [1.807, 2.05) is 23.5 Å². The van der Waals surface area contributed by atoms with Gasteiger partial charge in [-0.1, -0.05) is 5.16 Å². The predicted molar refractivity (Wildman–Crippen MR) is 43.9 cm³/mol. The summed E-state index contributed by atoms with van der Waals surface area (Å²) in [7, 11) is 0. The van der Waals surface area contributed by atoms with E-state index in [9.17, 15) is 0 Å². The van der Waals surface area contributed by atoms with Gasteiger partial charge in [-0.15, -0.1) is 0 Å². The van der Waals surface area contributed by atoms with E-state index in [2.05, 4.69) is 5.16 Å². The monoisotopic (exact) mass is 163 g/mol. The van der Waals surface area contributed by atoms with Crippen LogP contribution in [-0.2, 0) is 0 Å². The molecule has 1 N–H and O–H groups in total. The van der Waals surface area contributed by atoms with Crippen molar-refractivity contribution in [1.82, 2.24) is 0 Å². The van der Waals surface area contributed by atoms with Crippen molar-refractivity contribution in [2.45, 2.75) is 0 Å². The third-order valence-corrected chi connectivity index (χ3v) is 3.37. The van der Waals surface area contributed by atoms with Crippen LogP contribution < -0.4 is 0 Å². The molecule has 0 amide bonds. The average molecular weight is 163 g/mol. The van der Waals surface area contributed by atoms with Gasteiger partial charge in [0.15, 0.2) is 0 Å². The molecule has 0 atom stereocenters. The van der Waals surface area contributed by atoms with Gasteiger partial charge in [0, 0.05) is 23.0 Å². The highest BCUT2D eigenvalue weighted by Crippen LogP contribution is 2.13. The second-order valence-electron chi connectivity index (χ2n) is 1.77. The van der Waals surface area contributed by atoms with Crippen LogP contribution in [0.15, 0.2) is 5.16 Å². The molecule has 0 saturated carbocycles. The number of hydrogen-bond acceptors (Lipinski definition) is 4. The molecule has 9 heavy (non-hydrogen) atoms. The van der Waals surface area contributed by atoms with Crippen LogP contribution in [0.4, 0.5) is 0 Å². The topological polar surface area (TPSA) is 32.6 Å². The summed E-state index contributed by atoms with van der Waals surface area (Å²) in [4.78, 5) is 0. The van der Waals surface area contributed by atoms with Crippen molar-refractivity contribution < 1.29 is 5.21 Å². The van der Waals surface area contributed by atoms with Gasteiger partial charge in [0.05, 0.1) is 5.71 Å². The van der Waals surface area contributed by atoms with Crippen LogP contribution in [-0.4, -0.2) is 33.9 Å². The fraction of sp³-hybridized carbons (Fsp3) is 0.800. The molecule has 0 radical (unpaired) electrons. The molecule has 0 aromatic carbocycles. The molecule has 0 unspecified atom stereocenters. The lowest BCUT2D eigenvalue weighted by Crippen LogP contribution is -2.02. The second-order valence-corrected chi connectivity index (χ2v) is 3.98. The van der Waals surface area contributed by atoms with Crippen molar-refractivity contribution in [2.75, 3.05) is 23.0 Å². The molecule has 1 rings (SSSR count). The van der Waals surface area contributed by atoms with E-state index >= 15 is 0 Å². The summed E-state index contributed by atoms with van der Waals surface area (Å²) in [5.41, 5.74) is 0.919. The predicted octanol–water partition coefficient (Wildman–Crippen LogP) is 1.30. The first-order valence-electron chi connectivity index (χ1n) is 2.79. The fourth-order valence-electron chi connectivity index (χ4n) is 0.597. The van der Waals surface area contributed by atoms with Crippen molar-refractivity contribution in [3.63, 3.8) is 0 Å². The minimum atomic E-state index is 0.906. The summed E-state index contributed by atoms with van der Waals surface area (Å²) in [5.74, 6) is 4.18. The molecule has 0 aliphatic carbocycles. The van der Waals surface area contributed by atoms with Crippen molar-refractivity contribution in [2.24, 2.45) is 5.16 Å². The highest BCUT2D eigenvalue weighted by molar-refractivity contribution is 8.04. The van der Waals surface area contributed by atoms with E-state index in [0.717, 1.165) is 17.2 Å². The summed E-state index contributed by atoms with van der Waals surface area (Å²) in [6, 6.07) is 0. The highest BCUT2D eigenvalue weighted by atomic mass is 32.2. The van der Waals surface area contributed by atoms with Crippen LogP contribution in [0.5, 0.6) is 0 Å². The Kier molecular flexibility index (Phi) is 3.28. The van der Waals surface area contributed by atoms with E-state index < -0.39 is 0 Å². The van der Waals surface area contributed by atoms with Gasteiger partial charge in [0.1, 0.15) is 0 Å². The Balaban J connectivity index is 2.36. The normalized spacial score (nSPS) is 21.1. The van der Waals surface area contributed by atoms with Gasteiger partial charge < -0.3 is 5.21 Å². The van der Waals surface area contributed by atoms with Gasteiger partial charge in [-0.3, -0.25) is 0 Å². The Morgan fingerprint density at radius 2 is 1.78 bits per heavy atom. The first kappa shape index (κ1) is 7.28. The lowest BCUT2D eigenvalue weighted by Gasteiger charge is -1.93. The molecular formula is C5H9NOS2. The molecule has 1 heterocycles. The molecule has 0 aromatic heterocycles. The molecule has 1 fully saturated rings. The maximum Gasteiger partial charge on any atom is 0.0768 e. The third kappa shape index (κ3) is 2.49. The minimum absolute atomic E-state index is 0.906. The highest BCUT2D eigenvalue weighted by Gasteiger charge is 2.05. The summed E-state index contributed by atoms with van der Waals surface area (Å²) < 4.78 is 0. The minimum Gasteiger partial charge on any atom is -0.411 e. The zero-order valence-electron chi connectivity index (χ0n) is 5.04. The quantitative estimate of drug-likeness (QED) is 0.431. The maximum absolute atomic E-state index is 8.38. The zero-order valence-corrected chi connectivity index (χ0v) is 6.67. The molecule has 4 heteroatoms. The van der Waals surface area contributed by atoms with Crippen LogP contribution in [0.25, 0.3) is 0 Å². The third-order valence-electron chi connectivity index (χ3n) is 1.05. The Morgan fingerprint density at radius 3 is 2.22 bits per heavy atom. The van der Waals surface area contributed by atoms with E-state index in [0.29, 0.717) is 0 Å². The Morgan fingerprint density at radius 1 is 1.22 bits per heavy atom. The van der Waals surface area contributed by atoms with Crippen LogP contribution in [0.2, 0.25) is 0 Å². The zero-order chi connectivity index (χ0) is 6.53. The smallest absolute Gasteiger partial charge is 0.0768 e. The van der Waals surface area contributed by atoms with Crippen molar-refractivity contribution in [3.05, 3.63) is 0 Å². The molecule has 1 aliphatic heterocycles. The largest absolute Gasteiger partial charge is 0.411 e. The molecule has 1 aliphatic rings. The van der Waals surface area contributed by atoms with Crippen molar-refractivity contribution in [3.8, 4) is 0 Å². The Labute approximate surface area is 63.1 Å². The first-order chi connectivity index (χ1) is 4.43. The van der Waals surface area contributed by atoms with Crippen LogP contribution in [0, 0.1) is 0 Å². The standard InChI is InChI=1S/C5H9NOS2/c7-6-5-3-8-1-2-9-4-5/h7H,1-4H2. The average Bonchev–Trinajstić information content (AvgIpc) is 2.13. The number of hydrogen-bond donors (Lipinski definition) is 1. The van der Waals surface area contributed by atoms with E-state index in [-0.39, 0.29) is 0 Å². The summed E-state index contributed by atoms with van der Waals surface area (Å²) in [6.45, 7) is 0. The number of nitrogens with zero attached hydrogens (tertiary/aromatic N) is 1. The lowest BCUT2D eigenvalue weighted by molar-refractivity contribution is 0.318. The van der Waals surface area contributed by atoms with Crippen LogP contribution in [0.1, 0.15) is 0 Å². The molecule has 1 saturated heterocycles. The Bertz CT molecular complexity index is 106. The van der Waals surface area contributed by atoms with Crippen molar-refractivity contribution in [1.29, 1.82) is 0 Å². The van der Waals surface area contributed by atoms with E-state index in [1.165, 1.54) is 11.5 Å².